The maximum absolute atomic E-state index is 12.9. The van der Waals surface area contributed by atoms with Gasteiger partial charge in [-0.25, -0.2) is 8.42 Å². The molecular formula is C26H30N2O6S. The Morgan fingerprint density at radius 2 is 1.54 bits per heavy atom. The van der Waals surface area contributed by atoms with Gasteiger partial charge in [0.1, 0.15) is 17.2 Å². The fourth-order valence-corrected chi connectivity index (χ4v) is 4.43. The molecule has 1 atom stereocenters. The van der Waals surface area contributed by atoms with Gasteiger partial charge in [-0.3, -0.25) is 9.52 Å². The Morgan fingerprint density at radius 3 is 2.17 bits per heavy atom. The summed E-state index contributed by atoms with van der Waals surface area (Å²) in [7, 11) is -0.938. The van der Waals surface area contributed by atoms with Gasteiger partial charge in [0, 0.05) is 11.8 Å². The van der Waals surface area contributed by atoms with Crippen LogP contribution >= 0.6 is 0 Å². The van der Waals surface area contributed by atoms with Gasteiger partial charge < -0.3 is 19.5 Å². The van der Waals surface area contributed by atoms with Gasteiger partial charge in [-0.2, -0.15) is 0 Å². The highest BCUT2D eigenvalue weighted by Crippen LogP contribution is 2.31. The van der Waals surface area contributed by atoms with Crippen molar-refractivity contribution in [2.75, 3.05) is 24.3 Å². The molecule has 186 valence electrons. The smallest absolute Gasteiger partial charge is 0.265 e. The molecule has 0 aliphatic rings. The minimum Gasteiger partial charge on any atom is -0.497 e. The molecule has 9 heteroatoms. The molecule has 0 unspecified atom stereocenters. The van der Waals surface area contributed by atoms with Crippen LogP contribution in [0, 0.1) is 0 Å². The highest BCUT2D eigenvalue weighted by molar-refractivity contribution is 7.92. The highest BCUT2D eigenvalue weighted by atomic mass is 32.2. The predicted molar refractivity (Wildman–Crippen MR) is 136 cm³/mol. The summed E-state index contributed by atoms with van der Waals surface area (Å²) in [5, 5.41) is 2.76. The van der Waals surface area contributed by atoms with E-state index in [2.05, 4.69) is 23.9 Å². The van der Waals surface area contributed by atoms with Crippen molar-refractivity contribution in [2.45, 2.75) is 37.7 Å². The zero-order chi connectivity index (χ0) is 25.6. The first-order valence-electron chi connectivity index (χ1n) is 11.1. The second-order valence-electron chi connectivity index (χ2n) is 8.14. The summed E-state index contributed by atoms with van der Waals surface area (Å²) < 4.78 is 44.5. The molecule has 0 heterocycles. The Bertz CT molecular complexity index is 1270. The number of para-hydroxylation sites is 1. The summed E-state index contributed by atoms with van der Waals surface area (Å²) in [6.45, 7) is 5.78. The van der Waals surface area contributed by atoms with Crippen LogP contribution in [0.2, 0.25) is 0 Å². The normalized spacial score (nSPS) is 12.1. The third-order valence-electron chi connectivity index (χ3n) is 5.30. The number of hydrogen-bond acceptors (Lipinski definition) is 6. The van der Waals surface area contributed by atoms with Crippen molar-refractivity contribution >= 4 is 27.3 Å². The molecule has 35 heavy (non-hydrogen) atoms. The first-order chi connectivity index (χ1) is 16.6. The van der Waals surface area contributed by atoms with Crippen LogP contribution in [-0.2, 0) is 14.8 Å². The fraction of sp³-hybridized carbons (Fsp3) is 0.269. The molecule has 3 aromatic rings. The second kappa shape index (κ2) is 11.1. The number of sulfonamides is 1. The van der Waals surface area contributed by atoms with Crippen molar-refractivity contribution in [3.05, 3.63) is 72.3 Å². The molecule has 1 amide bonds. The number of carbonyl (C=O) groups excluding carboxylic acids is 1. The van der Waals surface area contributed by atoms with Gasteiger partial charge in [-0.05, 0) is 60.9 Å². The van der Waals surface area contributed by atoms with E-state index in [-0.39, 0.29) is 22.4 Å². The fourth-order valence-electron chi connectivity index (χ4n) is 3.36. The van der Waals surface area contributed by atoms with Crippen LogP contribution in [0.3, 0.4) is 0 Å². The van der Waals surface area contributed by atoms with Gasteiger partial charge in [0.15, 0.2) is 6.10 Å². The molecule has 0 bridgehead atoms. The SMILES string of the molecule is COc1ccc(NS(=O)(=O)c2ccc(NC(=O)[C@@H](C)Oc3ccccc3C(C)C)cc2)c(OC)c1. The maximum Gasteiger partial charge on any atom is 0.265 e. The minimum absolute atomic E-state index is 0.0310. The van der Waals surface area contributed by atoms with Gasteiger partial charge in [-0.15, -0.1) is 0 Å². The van der Waals surface area contributed by atoms with Crippen molar-refractivity contribution in [1.82, 2.24) is 0 Å². The third kappa shape index (κ3) is 6.45. The van der Waals surface area contributed by atoms with Crippen molar-refractivity contribution in [3.8, 4) is 17.2 Å². The van der Waals surface area contributed by atoms with Crippen LogP contribution in [0.4, 0.5) is 11.4 Å². The van der Waals surface area contributed by atoms with Crippen molar-refractivity contribution in [1.29, 1.82) is 0 Å². The van der Waals surface area contributed by atoms with E-state index in [0.717, 1.165) is 5.56 Å². The van der Waals surface area contributed by atoms with E-state index in [1.165, 1.54) is 38.5 Å². The maximum atomic E-state index is 12.9. The highest BCUT2D eigenvalue weighted by Gasteiger charge is 2.20. The average Bonchev–Trinajstić information content (AvgIpc) is 2.84. The van der Waals surface area contributed by atoms with E-state index < -0.39 is 16.1 Å². The number of anilines is 2. The number of methoxy groups -OCH3 is 2. The molecule has 8 nitrogen and oxygen atoms in total. The Labute approximate surface area is 206 Å². The van der Waals surface area contributed by atoms with Gasteiger partial charge in [0.2, 0.25) is 0 Å². The van der Waals surface area contributed by atoms with E-state index in [9.17, 15) is 13.2 Å². The standard InChI is InChI=1S/C26H30N2O6S/c1-17(2)22-8-6-7-9-24(22)34-18(3)26(29)27-19-10-13-21(14-11-19)35(30,31)28-23-15-12-20(32-4)16-25(23)33-5/h6-18,28H,1-5H3,(H,27,29)/t18-/m1/s1. The van der Waals surface area contributed by atoms with Crippen LogP contribution in [0.1, 0.15) is 32.3 Å². The molecule has 0 saturated carbocycles. The van der Waals surface area contributed by atoms with Gasteiger partial charge in [0.25, 0.3) is 15.9 Å². The number of rotatable bonds is 10. The van der Waals surface area contributed by atoms with Gasteiger partial charge in [0.05, 0.1) is 24.8 Å². The molecule has 0 radical (unpaired) electrons. The first-order valence-corrected chi connectivity index (χ1v) is 12.5. The average molecular weight is 499 g/mol. The summed E-state index contributed by atoms with van der Waals surface area (Å²) >= 11 is 0. The molecule has 0 aliphatic carbocycles. The Morgan fingerprint density at radius 1 is 0.857 bits per heavy atom. The lowest BCUT2D eigenvalue weighted by Gasteiger charge is -2.19. The Hall–Kier alpha value is -3.72. The summed E-state index contributed by atoms with van der Waals surface area (Å²) in [5.74, 6) is 1.43. The van der Waals surface area contributed by atoms with E-state index >= 15 is 0 Å². The monoisotopic (exact) mass is 498 g/mol. The van der Waals surface area contributed by atoms with Crippen LogP contribution in [-0.4, -0.2) is 34.6 Å². The predicted octanol–water partition coefficient (Wildman–Crippen LogP) is 5.03. The van der Waals surface area contributed by atoms with Crippen molar-refractivity contribution < 1.29 is 27.4 Å². The van der Waals surface area contributed by atoms with Gasteiger partial charge >= 0.3 is 0 Å². The quantitative estimate of drug-likeness (QED) is 0.406. The topological polar surface area (TPSA) is 103 Å². The number of ether oxygens (including phenoxy) is 3. The third-order valence-corrected chi connectivity index (χ3v) is 6.68. The molecule has 3 aromatic carbocycles. The number of carbonyl (C=O) groups is 1. The summed E-state index contributed by atoms with van der Waals surface area (Å²) in [6.07, 6.45) is -0.748. The molecule has 0 fully saturated rings. The summed E-state index contributed by atoms with van der Waals surface area (Å²) in [4.78, 5) is 12.7. The van der Waals surface area contributed by atoms with E-state index in [1.807, 2.05) is 24.3 Å². The number of nitrogens with one attached hydrogen (secondary N) is 2. The largest absolute Gasteiger partial charge is 0.497 e. The number of benzene rings is 3. The minimum atomic E-state index is -3.89. The first kappa shape index (κ1) is 25.9. The molecule has 2 N–H and O–H groups in total. The Balaban J connectivity index is 1.68. The second-order valence-corrected chi connectivity index (χ2v) is 9.82. The Kier molecular flexibility index (Phi) is 8.24. The molecule has 0 aromatic heterocycles. The van der Waals surface area contributed by atoms with Crippen LogP contribution < -0.4 is 24.2 Å². The van der Waals surface area contributed by atoms with Crippen molar-refractivity contribution in [3.63, 3.8) is 0 Å². The molecule has 0 saturated heterocycles. The lowest BCUT2D eigenvalue weighted by atomic mass is 10.0. The lowest BCUT2D eigenvalue weighted by Crippen LogP contribution is -2.30. The van der Waals surface area contributed by atoms with E-state index in [1.54, 1.807) is 25.1 Å². The summed E-state index contributed by atoms with van der Waals surface area (Å²) in [5.41, 5.74) is 1.74. The lowest BCUT2D eigenvalue weighted by molar-refractivity contribution is -0.122. The van der Waals surface area contributed by atoms with Crippen LogP contribution in [0.15, 0.2) is 71.6 Å². The van der Waals surface area contributed by atoms with E-state index in [0.29, 0.717) is 22.9 Å². The molecule has 0 spiro atoms. The van der Waals surface area contributed by atoms with E-state index in [4.69, 9.17) is 14.2 Å². The molecule has 3 rings (SSSR count). The zero-order valence-corrected chi connectivity index (χ0v) is 21.2. The van der Waals surface area contributed by atoms with Crippen molar-refractivity contribution in [2.24, 2.45) is 0 Å². The van der Waals surface area contributed by atoms with Crippen LogP contribution in [0.25, 0.3) is 0 Å². The number of hydrogen-bond donors (Lipinski definition) is 2. The zero-order valence-electron chi connectivity index (χ0n) is 20.4. The number of amides is 1. The summed E-state index contributed by atoms with van der Waals surface area (Å²) in [6, 6.07) is 18.2. The van der Waals surface area contributed by atoms with Crippen LogP contribution in [0.5, 0.6) is 17.2 Å². The van der Waals surface area contributed by atoms with Gasteiger partial charge in [-0.1, -0.05) is 32.0 Å². The molecule has 0 aliphatic heterocycles. The molecular weight excluding hydrogens is 468 g/mol.